The van der Waals surface area contributed by atoms with E-state index in [1.807, 2.05) is 0 Å². The van der Waals surface area contributed by atoms with Gasteiger partial charge in [0.2, 0.25) is 5.91 Å². The van der Waals surface area contributed by atoms with Gasteiger partial charge in [-0.2, -0.15) is 0 Å². The highest BCUT2D eigenvalue weighted by Crippen LogP contribution is 2.24. The number of rotatable bonds is 4. The van der Waals surface area contributed by atoms with Crippen LogP contribution in [0.25, 0.3) is 0 Å². The van der Waals surface area contributed by atoms with Gasteiger partial charge in [-0.25, -0.2) is 10.3 Å². The van der Waals surface area contributed by atoms with Gasteiger partial charge in [-0.1, -0.05) is 23.7 Å². The maximum atomic E-state index is 12.5. The number of hydrazine groups is 1. The van der Waals surface area contributed by atoms with Crippen molar-refractivity contribution in [1.82, 2.24) is 10.9 Å². The summed E-state index contributed by atoms with van der Waals surface area (Å²) in [5, 5.41) is 0.512. The van der Waals surface area contributed by atoms with Gasteiger partial charge in [0.05, 0.1) is 17.7 Å². The van der Waals surface area contributed by atoms with Crippen molar-refractivity contribution in [2.45, 2.75) is 12.5 Å². The third-order valence-corrected chi connectivity index (χ3v) is 4.65. The molecule has 1 aliphatic heterocycles. The Morgan fingerprint density at radius 3 is 2.48 bits per heavy atom. The number of amides is 3. The largest absolute Gasteiger partial charge is 0.287 e. The van der Waals surface area contributed by atoms with Crippen molar-refractivity contribution >= 4 is 50.9 Å². The number of carbonyl (C=O) groups excluding carboxylic acids is 3. The van der Waals surface area contributed by atoms with Crippen LogP contribution in [0.2, 0.25) is 5.02 Å². The van der Waals surface area contributed by atoms with Crippen LogP contribution < -0.4 is 15.8 Å². The van der Waals surface area contributed by atoms with Crippen molar-refractivity contribution in [3.63, 3.8) is 0 Å². The standard InChI is InChI=1S/C17H13BrClN3O3/c18-13-4-2-1-3-12(13)16(24)21-20-14-9-15(23)22(17(14)25)11-7-5-10(19)6-8-11/h1-8,14,20H,9H2,(H,21,24)/t14-/m0/s1. The third kappa shape index (κ3) is 3.73. The number of halogens is 2. The second-order valence-corrected chi connectivity index (χ2v) is 6.67. The predicted molar refractivity (Wildman–Crippen MR) is 97.1 cm³/mol. The van der Waals surface area contributed by atoms with Crippen molar-refractivity contribution in [2.24, 2.45) is 0 Å². The second kappa shape index (κ2) is 7.35. The number of anilines is 1. The zero-order valence-electron chi connectivity index (χ0n) is 12.8. The Morgan fingerprint density at radius 2 is 1.80 bits per heavy atom. The van der Waals surface area contributed by atoms with E-state index in [9.17, 15) is 14.4 Å². The fourth-order valence-corrected chi connectivity index (χ4v) is 3.06. The van der Waals surface area contributed by atoms with E-state index in [1.54, 1.807) is 48.5 Å². The monoisotopic (exact) mass is 421 g/mol. The number of nitrogens with one attached hydrogen (secondary N) is 2. The van der Waals surface area contributed by atoms with Gasteiger partial charge in [-0.15, -0.1) is 0 Å². The van der Waals surface area contributed by atoms with E-state index in [-0.39, 0.29) is 12.3 Å². The summed E-state index contributed by atoms with van der Waals surface area (Å²) in [6.45, 7) is 0. The smallest absolute Gasteiger partial charge is 0.266 e. The van der Waals surface area contributed by atoms with Crippen LogP contribution in [0.4, 0.5) is 5.69 Å². The summed E-state index contributed by atoms with van der Waals surface area (Å²) in [7, 11) is 0. The molecule has 0 spiro atoms. The van der Waals surface area contributed by atoms with E-state index in [2.05, 4.69) is 26.8 Å². The van der Waals surface area contributed by atoms with Crippen molar-refractivity contribution in [3.8, 4) is 0 Å². The average Bonchev–Trinajstić information content (AvgIpc) is 2.88. The van der Waals surface area contributed by atoms with E-state index in [0.29, 0.717) is 20.7 Å². The lowest BCUT2D eigenvalue weighted by molar-refractivity contribution is -0.121. The van der Waals surface area contributed by atoms with Gasteiger partial charge in [0.25, 0.3) is 11.8 Å². The van der Waals surface area contributed by atoms with Gasteiger partial charge in [0.1, 0.15) is 6.04 Å². The second-order valence-electron chi connectivity index (χ2n) is 5.38. The molecule has 1 saturated heterocycles. The van der Waals surface area contributed by atoms with Crippen LogP contribution in [-0.2, 0) is 9.59 Å². The molecule has 0 radical (unpaired) electrons. The molecule has 0 saturated carbocycles. The molecule has 2 aromatic carbocycles. The van der Waals surface area contributed by atoms with Crippen molar-refractivity contribution in [3.05, 3.63) is 63.6 Å². The summed E-state index contributed by atoms with van der Waals surface area (Å²) in [5.41, 5.74) is 5.98. The predicted octanol–water partition coefficient (Wildman–Crippen LogP) is 2.67. The van der Waals surface area contributed by atoms with E-state index in [0.717, 1.165) is 4.90 Å². The first-order valence-electron chi connectivity index (χ1n) is 7.40. The van der Waals surface area contributed by atoms with Crippen molar-refractivity contribution < 1.29 is 14.4 Å². The minimum atomic E-state index is -0.824. The molecule has 0 aliphatic carbocycles. The summed E-state index contributed by atoms with van der Waals surface area (Å²) >= 11 is 9.11. The Hall–Kier alpha value is -2.22. The minimum absolute atomic E-state index is 0.0439. The van der Waals surface area contributed by atoms with Crippen molar-refractivity contribution in [2.75, 3.05) is 4.90 Å². The highest BCUT2D eigenvalue weighted by Gasteiger charge is 2.39. The molecule has 8 heteroatoms. The molecule has 3 amide bonds. The topological polar surface area (TPSA) is 78.5 Å². The summed E-state index contributed by atoms with van der Waals surface area (Å²) in [4.78, 5) is 37.9. The maximum Gasteiger partial charge on any atom is 0.266 e. The molecule has 25 heavy (non-hydrogen) atoms. The Labute approximate surface area is 157 Å². The lowest BCUT2D eigenvalue weighted by Gasteiger charge is -2.16. The number of carbonyl (C=O) groups is 3. The van der Waals surface area contributed by atoms with E-state index >= 15 is 0 Å². The van der Waals surface area contributed by atoms with Crippen LogP contribution in [0.1, 0.15) is 16.8 Å². The minimum Gasteiger partial charge on any atom is -0.287 e. The molecule has 3 rings (SSSR count). The Kier molecular flexibility index (Phi) is 5.17. The van der Waals surface area contributed by atoms with Crippen LogP contribution in [0.5, 0.6) is 0 Å². The lowest BCUT2D eigenvalue weighted by Crippen LogP contribution is -2.48. The Bertz CT molecular complexity index is 841. The molecule has 6 nitrogen and oxygen atoms in total. The van der Waals surface area contributed by atoms with Crippen LogP contribution >= 0.6 is 27.5 Å². The first kappa shape index (κ1) is 17.6. The molecule has 0 bridgehead atoms. The summed E-state index contributed by atoms with van der Waals surface area (Å²) < 4.78 is 0.630. The molecular weight excluding hydrogens is 410 g/mol. The Balaban J connectivity index is 1.67. The lowest BCUT2D eigenvalue weighted by atomic mass is 10.2. The van der Waals surface area contributed by atoms with E-state index < -0.39 is 17.9 Å². The molecule has 0 aromatic heterocycles. The van der Waals surface area contributed by atoms with Gasteiger partial charge < -0.3 is 0 Å². The molecule has 1 fully saturated rings. The third-order valence-electron chi connectivity index (χ3n) is 3.71. The zero-order chi connectivity index (χ0) is 18.0. The highest BCUT2D eigenvalue weighted by atomic mass is 79.9. The number of benzene rings is 2. The van der Waals surface area contributed by atoms with Gasteiger partial charge in [0, 0.05) is 9.50 Å². The number of imide groups is 1. The number of nitrogens with zero attached hydrogens (tertiary/aromatic N) is 1. The number of hydrogen-bond acceptors (Lipinski definition) is 4. The quantitative estimate of drug-likeness (QED) is 0.586. The van der Waals surface area contributed by atoms with Crippen LogP contribution in [-0.4, -0.2) is 23.8 Å². The normalized spacial score (nSPS) is 17.0. The average molecular weight is 423 g/mol. The van der Waals surface area contributed by atoms with Crippen LogP contribution in [0, 0.1) is 0 Å². The molecule has 128 valence electrons. The van der Waals surface area contributed by atoms with Gasteiger partial charge >= 0.3 is 0 Å². The summed E-state index contributed by atoms with van der Waals surface area (Å²) in [5.74, 6) is -1.18. The molecular formula is C17H13BrClN3O3. The molecule has 1 aliphatic rings. The molecule has 1 heterocycles. The summed E-state index contributed by atoms with van der Waals surface area (Å²) in [6.07, 6.45) is -0.0439. The van der Waals surface area contributed by atoms with Crippen molar-refractivity contribution in [1.29, 1.82) is 0 Å². The molecule has 1 atom stereocenters. The molecule has 2 aromatic rings. The highest BCUT2D eigenvalue weighted by molar-refractivity contribution is 9.10. The fourth-order valence-electron chi connectivity index (χ4n) is 2.47. The molecule has 2 N–H and O–H groups in total. The van der Waals surface area contributed by atoms with Crippen LogP contribution in [0.3, 0.4) is 0 Å². The fraction of sp³-hybridized carbons (Fsp3) is 0.118. The van der Waals surface area contributed by atoms with Gasteiger partial charge in [-0.05, 0) is 52.3 Å². The zero-order valence-corrected chi connectivity index (χ0v) is 15.2. The first-order chi connectivity index (χ1) is 12.0. The first-order valence-corrected chi connectivity index (χ1v) is 8.57. The molecule has 0 unspecified atom stereocenters. The maximum absolute atomic E-state index is 12.5. The number of hydrogen-bond donors (Lipinski definition) is 2. The Morgan fingerprint density at radius 1 is 1.12 bits per heavy atom. The summed E-state index contributed by atoms with van der Waals surface area (Å²) in [6, 6.07) is 12.5. The SMILES string of the molecule is O=C(NN[C@H]1CC(=O)N(c2ccc(Cl)cc2)C1=O)c1ccccc1Br. The van der Waals surface area contributed by atoms with E-state index in [1.165, 1.54) is 0 Å². The van der Waals surface area contributed by atoms with Gasteiger partial charge in [-0.3, -0.25) is 19.8 Å². The van der Waals surface area contributed by atoms with Crippen LogP contribution in [0.15, 0.2) is 53.0 Å². The van der Waals surface area contributed by atoms with E-state index in [4.69, 9.17) is 11.6 Å². The van der Waals surface area contributed by atoms with Gasteiger partial charge in [0.15, 0.2) is 0 Å².